The highest BCUT2D eigenvalue weighted by Gasteiger charge is 2.33. The number of halogens is 3. The number of hydrogen-bond acceptors (Lipinski definition) is 5. The number of benzene rings is 2. The second kappa shape index (κ2) is 9.06. The third-order valence-corrected chi connectivity index (χ3v) is 3.56. The molecule has 9 heteroatoms. The van der Waals surface area contributed by atoms with Crippen molar-refractivity contribution >= 4 is 17.7 Å². The van der Waals surface area contributed by atoms with Gasteiger partial charge in [0.15, 0.2) is 0 Å². The standard InChI is InChI=1S/C21H22F3NO5/c1-5-28-18(26)15-12-17(29-21(22,23)24)14(13-9-7-6-8-10-13)11-16(15)25-19(27)30-20(2,3)4/h6-12H,5H2,1-4H3,(H,25,27). The average molecular weight is 425 g/mol. The van der Waals surface area contributed by atoms with Crippen LogP contribution in [0, 0.1) is 0 Å². The molecule has 0 bridgehead atoms. The van der Waals surface area contributed by atoms with E-state index in [1.54, 1.807) is 58.0 Å². The molecule has 162 valence electrons. The predicted molar refractivity (Wildman–Crippen MR) is 104 cm³/mol. The maximum atomic E-state index is 13.0. The van der Waals surface area contributed by atoms with Gasteiger partial charge in [-0.25, -0.2) is 9.59 Å². The van der Waals surface area contributed by atoms with Crippen molar-refractivity contribution in [2.24, 2.45) is 0 Å². The van der Waals surface area contributed by atoms with E-state index in [4.69, 9.17) is 9.47 Å². The molecule has 0 atom stereocenters. The largest absolute Gasteiger partial charge is 0.573 e. The fourth-order valence-corrected chi connectivity index (χ4v) is 2.53. The molecule has 30 heavy (non-hydrogen) atoms. The number of carbonyl (C=O) groups excluding carboxylic acids is 2. The summed E-state index contributed by atoms with van der Waals surface area (Å²) in [7, 11) is 0. The van der Waals surface area contributed by atoms with E-state index in [0.29, 0.717) is 5.56 Å². The van der Waals surface area contributed by atoms with E-state index in [-0.39, 0.29) is 23.4 Å². The van der Waals surface area contributed by atoms with Gasteiger partial charge < -0.3 is 14.2 Å². The highest BCUT2D eigenvalue weighted by molar-refractivity contribution is 6.02. The van der Waals surface area contributed by atoms with Gasteiger partial charge in [-0.3, -0.25) is 5.32 Å². The SMILES string of the molecule is CCOC(=O)c1cc(OC(F)(F)F)c(-c2ccccc2)cc1NC(=O)OC(C)(C)C. The lowest BCUT2D eigenvalue weighted by atomic mass is 10.0. The van der Waals surface area contributed by atoms with Crippen molar-refractivity contribution in [2.45, 2.75) is 39.7 Å². The summed E-state index contributed by atoms with van der Waals surface area (Å²) in [4.78, 5) is 24.6. The van der Waals surface area contributed by atoms with Crippen LogP contribution in [0.15, 0.2) is 42.5 Å². The highest BCUT2D eigenvalue weighted by Crippen LogP contribution is 2.38. The summed E-state index contributed by atoms with van der Waals surface area (Å²) < 4.78 is 53.2. The third-order valence-electron chi connectivity index (χ3n) is 3.56. The van der Waals surface area contributed by atoms with E-state index >= 15 is 0 Å². The Morgan fingerprint density at radius 3 is 2.20 bits per heavy atom. The fourth-order valence-electron chi connectivity index (χ4n) is 2.53. The number of ether oxygens (including phenoxy) is 3. The van der Waals surface area contributed by atoms with E-state index in [0.717, 1.165) is 6.07 Å². The van der Waals surface area contributed by atoms with E-state index in [1.165, 1.54) is 6.07 Å². The van der Waals surface area contributed by atoms with Crippen LogP contribution in [0.3, 0.4) is 0 Å². The van der Waals surface area contributed by atoms with Crippen molar-refractivity contribution in [3.63, 3.8) is 0 Å². The number of alkyl halides is 3. The van der Waals surface area contributed by atoms with Crippen LogP contribution in [0.1, 0.15) is 38.1 Å². The van der Waals surface area contributed by atoms with E-state index in [2.05, 4.69) is 10.1 Å². The van der Waals surface area contributed by atoms with Crippen LogP contribution >= 0.6 is 0 Å². The topological polar surface area (TPSA) is 73.9 Å². The molecule has 0 radical (unpaired) electrons. The van der Waals surface area contributed by atoms with Gasteiger partial charge in [0.25, 0.3) is 0 Å². The van der Waals surface area contributed by atoms with Crippen molar-refractivity contribution in [3.05, 3.63) is 48.0 Å². The molecule has 0 heterocycles. The molecule has 0 unspecified atom stereocenters. The minimum Gasteiger partial charge on any atom is -0.462 e. The summed E-state index contributed by atoms with van der Waals surface area (Å²) in [5, 5.41) is 2.41. The normalized spacial score (nSPS) is 11.6. The van der Waals surface area contributed by atoms with E-state index < -0.39 is 29.8 Å². The summed E-state index contributed by atoms with van der Waals surface area (Å²) in [6.45, 7) is 6.47. The first-order valence-electron chi connectivity index (χ1n) is 9.06. The molecule has 2 aromatic rings. The Kier molecular flexibility index (Phi) is 6.96. The average Bonchev–Trinajstić information content (AvgIpc) is 2.60. The minimum atomic E-state index is -4.99. The zero-order chi connectivity index (χ0) is 22.5. The molecule has 1 N–H and O–H groups in total. The molecule has 0 saturated carbocycles. The zero-order valence-corrected chi connectivity index (χ0v) is 16.9. The van der Waals surface area contributed by atoms with Gasteiger partial charge in [0, 0.05) is 5.56 Å². The van der Waals surface area contributed by atoms with E-state index in [1.807, 2.05) is 0 Å². The van der Waals surface area contributed by atoms with Crippen LogP contribution in [0.4, 0.5) is 23.7 Å². The van der Waals surface area contributed by atoms with Gasteiger partial charge in [-0.1, -0.05) is 30.3 Å². The fraction of sp³-hybridized carbons (Fsp3) is 0.333. The lowest BCUT2D eigenvalue weighted by Gasteiger charge is -2.21. The van der Waals surface area contributed by atoms with Gasteiger partial charge in [-0.2, -0.15) is 0 Å². The summed E-state index contributed by atoms with van der Waals surface area (Å²) in [6.07, 6.45) is -5.87. The quantitative estimate of drug-likeness (QED) is 0.615. The number of hydrogen-bond donors (Lipinski definition) is 1. The smallest absolute Gasteiger partial charge is 0.462 e. The first-order chi connectivity index (χ1) is 13.9. The van der Waals surface area contributed by atoms with Crippen molar-refractivity contribution in [2.75, 3.05) is 11.9 Å². The molecule has 0 aliphatic rings. The lowest BCUT2D eigenvalue weighted by Crippen LogP contribution is -2.28. The van der Waals surface area contributed by atoms with Gasteiger partial charge in [-0.05, 0) is 45.4 Å². The molecule has 0 spiro atoms. The summed E-state index contributed by atoms with van der Waals surface area (Å²) in [5.41, 5.74) is -0.792. The van der Waals surface area contributed by atoms with Crippen molar-refractivity contribution in [1.82, 2.24) is 0 Å². The summed E-state index contributed by atoms with van der Waals surface area (Å²) >= 11 is 0. The lowest BCUT2D eigenvalue weighted by molar-refractivity contribution is -0.274. The molecule has 0 aliphatic carbocycles. The van der Waals surface area contributed by atoms with Gasteiger partial charge in [0.1, 0.15) is 11.4 Å². The van der Waals surface area contributed by atoms with Gasteiger partial charge in [-0.15, -0.1) is 13.2 Å². The van der Waals surface area contributed by atoms with Crippen LogP contribution in [0.25, 0.3) is 11.1 Å². The Hall–Kier alpha value is -3.23. The Labute approximate surface area is 171 Å². The van der Waals surface area contributed by atoms with Crippen molar-refractivity contribution < 1.29 is 37.0 Å². The van der Waals surface area contributed by atoms with Crippen LogP contribution in [-0.4, -0.2) is 30.6 Å². The summed E-state index contributed by atoms with van der Waals surface area (Å²) in [6, 6.07) is 10.2. The third kappa shape index (κ3) is 6.68. The maximum Gasteiger partial charge on any atom is 0.573 e. The monoisotopic (exact) mass is 425 g/mol. The highest BCUT2D eigenvalue weighted by atomic mass is 19.4. The van der Waals surface area contributed by atoms with Crippen LogP contribution in [-0.2, 0) is 9.47 Å². The summed E-state index contributed by atoms with van der Waals surface area (Å²) in [5.74, 6) is -1.53. The molecule has 2 aromatic carbocycles. The van der Waals surface area contributed by atoms with Gasteiger partial charge in [0.2, 0.25) is 0 Å². The molecule has 2 rings (SSSR count). The Morgan fingerprint density at radius 2 is 1.67 bits per heavy atom. The molecule has 6 nitrogen and oxygen atoms in total. The Morgan fingerprint density at radius 1 is 1.03 bits per heavy atom. The van der Waals surface area contributed by atoms with Crippen LogP contribution in [0.2, 0.25) is 0 Å². The van der Waals surface area contributed by atoms with Crippen LogP contribution < -0.4 is 10.1 Å². The molecule has 1 amide bonds. The molecule has 0 fully saturated rings. The number of esters is 1. The Bertz CT molecular complexity index is 905. The first-order valence-corrected chi connectivity index (χ1v) is 9.06. The number of rotatable bonds is 5. The number of carbonyl (C=O) groups is 2. The molecule has 0 saturated heterocycles. The van der Waals surface area contributed by atoms with Crippen LogP contribution in [0.5, 0.6) is 5.75 Å². The molecule has 0 aromatic heterocycles. The molecular weight excluding hydrogens is 403 g/mol. The van der Waals surface area contributed by atoms with Crippen molar-refractivity contribution in [1.29, 1.82) is 0 Å². The zero-order valence-electron chi connectivity index (χ0n) is 16.9. The van der Waals surface area contributed by atoms with Crippen molar-refractivity contribution in [3.8, 4) is 16.9 Å². The predicted octanol–water partition coefficient (Wildman–Crippen LogP) is 5.78. The number of nitrogens with one attached hydrogen (secondary N) is 1. The number of anilines is 1. The van der Waals surface area contributed by atoms with Gasteiger partial charge >= 0.3 is 18.4 Å². The molecular formula is C21H22F3NO5. The molecule has 0 aliphatic heterocycles. The van der Waals surface area contributed by atoms with E-state index in [9.17, 15) is 22.8 Å². The second-order valence-corrected chi connectivity index (χ2v) is 7.16. The first kappa shape index (κ1) is 23.1. The van der Waals surface area contributed by atoms with Gasteiger partial charge in [0.05, 0.1) is 17.9 Å². The number of amides is 1. The Balaban J connectivity index is 2.62. The maximum absolute atomic E-state index is 13.0. The minimum absolute atomic E-state index is 0.0133. The second-order valence-electron chi connectivity index (χ2n) is 7.16.